The lowest BCUT2D eigenvalue weighted by molar-refractivity contribution is 0.536. The van der Waals surface area contributed by atoms with Crippen LogP contribution in [0.5, 0.6) is 0 Å². The molecule has 1 N–H and O–H groups in total. The van der Waals surface area contributed by atoms with Gasteiger partial charge < -0.3 is 0 Å². The molecule has 0 amide bonds. The van der Waals surface area contributed by atoms with Gasteiger partial charge in [-0.05, 0) is 18.9 Å². The van der Waals surface area contributed by atoms with Gasteiger partial charge in [0.05, 0.1) is 0 Å². The summed E-state index contributed by atoms with van der Waals surface area (Å²) in [4.78, 5) is 8.46. The van der Waals surface area contributed by atoms with Crippen LogP contribution in [0.25, 0.3) is 0 Å². The lowest BCUT2D eigenvalue weighted by Gasteiger charge is -2.05. The second-order valence-electron chi connectivity index (χ2n) is 4.68. The molecule has 0 spiro atoms. The topological polar surface area (TPSA) is 72.3 Å². The monoisotopic (exact) mass is 268 g/mol. The summed E-state index contributed by atoms with van der Waals surface area (Å²) >= 11 is 0. The van der Waals surface area contributed by atoms with Gasteiger partial charge in [-0.2, -0.15) is 10.2 Å². The zero-order valence-electron chi connectivity index (χ0n) is 11.3. The summed E-state index contributed by atoms with van der Waals surface area (Å²) in [5.74, 6) is 1.63. The molecule has 3 rings (SSSR count). The lowest BCUT2D eigenvalue weighted by Crippen LogP contribution is -2.09. The summed E-state index contributed by atoms with van der Waals surface area (Å²) in [7, 11) is 0. The first-order valence-electron chi connectivity index (χ1n) is 6.62. The maximum atomic E-state index is 4.53. The molecule has 1 unspecified atom stereocenters. The van der Waals surface area contributed by atoms with Crippen molar-refractivity contribution in [3.63, 3.8) is 0 Å². The number of rotatable bonds is 5. The lowest BCUT2D eigenvalue weighted by atomic mass is 10.1. The molecule has 6 nitrogen and oxygen atoms in total. The highest BCUT2D eigenvalue weighted by Gasteiger charge is 2.13. The van der Waals surface area contributed by atoms with Crippen LogP contribution in [0.2, 0.25) is 0 Å². The standard InChI is InChI=1S/C14H16N6/c1-11(20-10-15-9-16-20)14-17-13(18-19-14)8-7-12-5-3-2-4-6-12/h2-6,9-11H,7-8H2,1H3,(H,17,18,19). The average Bonchev–Trinajstić information content (AvgIpc) is 3.17. The van der Waals surface area contributed by atoms with E-state index in [4.69, 9.17) is 0 Å². The molecular formula is C14H16N6. The predicted octanol–water partition coefficient (Wildman–Crippen LogP) is 1.79. The summed E-state index contributed by atoms with van der Waals surface area (Å²) in [5, 5.41) is 11.4. The molecule has 2 aromatic heterocycles. The quantitative estimate of drug-likeness (QED) is 0.765. The highest BCUT2D eigenvalue weighted by Crippen LogP contribution is 2.12. The molecule has 20 heavy (non-hydrogen) atoms. The van der Waals surface area contributed by atoms with E-state index in [2.05, 4.69) is 37.4 Å². The van der Waals surface area contributed by atoms with Crippen molar-refractivity contribution in [3.05, 3.63) is 60.2 Å². The Morgan fingerprint density at radius 1 is 1.20 bits per heavy atom. The van der Waals surface area contributed by atoms with Crippen LogP contribution in [0.3, 0.4) is 0 Å². The Morgan fingerprint density at radius 3 is 2.80 bits per heavy atom. The van der Waals surface area contributed by atoms with Crippen molar-refractivity contribution < 1.29 is 0 Å². The van der Waals surface area contributed by atoms with Crippen LogP contribution >= 0.6 is 0 Å². The van der Waals surface area contributed by atoms with Crippen molar-refractivity contribution >= 4 is 0 Å². The Hall–Kier alpha value is -2.50. The Bertz CT molecular complexity index is 643. The largest absolute Gasteiger partial charge is 0.263 e. The Balaban J connectivity index is 1.65. The van der Waals surface area contributed by atoms with Crippen LogP contribution in [0.15, 0.2) is 43.0 Å². The van der Waals surface area contributed by atoms with Crippen molar-refractivity contribution in [1.29, 1.82) is 0 Å². The molecule has 102 valence electrons. The molecule has 3 aromatic rings. The van der Waals surface area contributed by atoms with Crippen molar-refractivity contribution in [2.45, 2.75) is 25.8 Å². The van der Waals surface area contributed by atoms with Gasteiger partial charge >= 0.3 is 0 Å². The Kier molecular flexibility index (Phi) is 3.54. The number of H-pyrrole nitrogens is 1. The summed E-state index contributed by atoms with van der Waals surface area (Å²) in [6, 6.07) is 10.3. The summed E-state index contributed by atoms with van der Waals surface area (Å²) in [6.07, 6.45) is 4.98. The van der Waals surface area contributed by atoms with E-state index in [1.54, 1.807) is 11.0 Å². The number of benzene rings is 1. The fourth-order valence-corrected chi connectivity index (χ4v) is 2.05. The number of aromatic amines is 1. The third-order valence-corrected chi connectivity index (χ3v) is 3.25. The molecule has 0 aliphatic carbocycles. The molecule has 0 aliphatic rings. The summed E-state index contributed by atoms with van der Waals surface area (Å²) in [5.41, 5.74) is 1.30. The van der Waals surface area contributed by atoms with Gasteiger partial charge in [-0.3, -0.25) is 5.10 Å². The van der Waals surface area contributed by atoms with Gasteiger partial charge in [0.2, 0.25) is 0 Å². The van der Waals surface area contributed by atoms with E-state index in [1.807, 2.05) is 25.1 Å². The second kappa shape index (κ2) is 5.64. The number of hydrogen-bond acceptors (Lipinski definition) is 4. The molecule has 2 heterocycles. The molecular weight excluding hydrogens is 252 g/mol. The fraction of sp³-hybridized carbons (Fsp3) is 0.286. The van der Waals surface area contributed by atoms with Gasteiger partial charge in [0, 0.05) is 6.42 Å². The van der Waals surface area contributed by atoms with Crippen LogP contribution in [0.1, 0.15) is 30.2 Å². The van der Waals surface area contributed by atoms with Gasteiger partial charge in [0.1, 0.15) is 24.5 Å². The predicted molar refractivity (Wildman–Crippen MR) is 74.1 cm³/mol. The summed E-state index contributed by atoms with van der Waals surface area (Å²) in [6.45, 7) is 2.00. The molecule has 0 aliphatic heterocycles. The maximum absolute atomic E-state index is 4.53. The van der Waals surface area contributed by atoms with Gasteiger partial charge in [0.15, 0.2) is 5.82 Å². The van der Waals surface area contributed by atoms with Crippen molar-refractivity contribution in [2.75, 3.05) is 0 Å². The van der Waals surface area contributed by atoms with Crippen molar-refractivity contribution in [1.82, 2.24) is 29.9 Å². The highest BCUT2D eigenvalue weighted by atomic mass is 15.4. The van der Waals surface area contributed by atoms with Crippen LogP contribution in [-0.2, 0) is 12.8 Å². The molecule has 1 aromatic carbocycles. The molecule has 0 bridgehead atoms. The van der Waals surface area contributed by atoms with Gasteiger partial charge in [-0.15, -0.1) is 0 Å². The highest BCUT2D eigenvalue weighted by molar-refractivity contribution is 5.15. The van der Waals surface area contributed by atoms with Crippen LogP contribution in [-0.4, -0.2) is 29.9 Å². The SMILES string of the molecule is CC(c1n[nH]c(CCc2ccccc2)n1)n1cncn1. The number of aryl methyl sites for hydroxylation is 2. The molecule has 0 fully saturated rings. The third-order valence-electron chi connectivity index (χ3n) is 3.25. The summed E-state index contributed by atoms with van der Waals surface area (Å²) < 4.78 is 1.74. The molecule has 1 atom stereocenters. The molecule has 0 radical (unpaired) electrons. The van der Waals surface area contributed by atoms with Crippen LogP contribution < -0.4 is 0 Å². The minimum Gasteiger partial charge on any atom is -0.263 e. The average molecular weight is 268 g/mol. The van der Waals surface area contributed by atoms with Crippen LogP contribution in [0.4, 0.5) is 0 Å². The smallest absolute Gasteiger partial charge is 0.174 e. The number of aromatic nitrogens is 6. The maximum Gasteiger partial charge on any atom is 0.174 e. The zero-order chi connectivity index (χ0) is 13.8. The number of nitrogens with one attached hydrogen (secondary N) is 1. The third kappa shape index (κ3) is 2.74. The van der Waals surface area contributed by atoms with E-state index in [9.17, 15) is 0 Å². The Morgan fingerprint density at radius 2 is 2.05 bits per heavy atom. The molecule has 0 saturated carbocycles. The molecule has 6 heteroatoms. The van der Waals surface area contributed by atoms with Gasteiger partial charge in [0.25, 0.3) is 0 Å². The minimum absolute atomic E-state index is 0.0146. The van der Waals surface area contributed by atoms with Crippen molar-refractivity contribution in [3.8, 4) is 0 Å². The normalized spacial score (nSPS) is 12.4. The van der Waals surface area contributed by atoms with E-state index in [0.717, 1.165) is 24.5 Å². The first-order chi connectivity index (χ1) is 9.83. The first kappa shape index (κ1) is 12.5. The number of nitrogens with zero attached hydrogens (tertiary/aromatic N) is 5. The van der Waals surface area contributed by atoms with Gasteiger partial charge in [-0.1, -0.05) is 30.3 Å². The van der Waals surface area contributed by atoms with E-state index in [-0.39, 0.29) is 6.04 Å². The Labute approximate surface area is 116 Å². The van der Waals surface area contributed by atoms with Gasteiger partial charge in [-0.25, -0.2) is 14.6 Å². The first-order valence-corrected chi connectivity index (χ1v) is 6.62. The number of hydrogen-bond donors (Lipinski definition) is 1. The van der Waals surface area contributed by atoms with Crippen LogP contribution in [0, 0.1) is 0 Å². The zero-order valence-corrected chi connectivity index (χ0v) is 11.3. The van der Waals surface area contributed by atoms with E-state index < -0.39 is 0 Å². The van der Waals surface area contributed by atoms with Crippen molar-refractivity contribution in [2.24, 2.45) is 0 Å². The fourth-order valence-electron chi connectivity index (χ4n) is 2.05. The van der Waals surface area contributed by atoms with E-state index in [1.165, 1.54) is 11.9 Å². The minimum atomic E-state index is -0.0146. The molecule has 0 saturated heterocycles. The van der Waals surface area contributed by atoms with E-state index >= 15 is 0 Å². The second-order valence-corrected chi connectivity index (χ2v) is 4.68. The van der Waals surface area contributed by atoms with E-state index in [0.29, 0.717) is 0 Å².